The van der Waals surface area contributed by atoms with Gasteiger partial charge in [-0.05, 0) is 89.9 Å². The van der Waals surface area contributed by atoms with E-state index < -0.39 is 6.10 Å². The summed E-state index contributed by atoms with van der Waals surface area (Å²) >= 11 is 0. The van der Waals surface area contributed by atoms with Crippen molar-refractivity contribution in [2.45, 2.75) is 238 Å². The lowest BCUT2D eigenvalue weighted by Crippen LogP contribution is -2.28. The number of carbonyl (C=O) groups excluding carboxylic acids is 2. The summed E-state index contributed by atoms with van der Waals surface area (Å²) in [5.74, 6) is -0.602. The van der Waals surface area contributed by atoms with Gasteiger partial charge in [0.1, 0.15) is 6.61 Å². The number of allylic oxidation sites excluding steroid dienone is 14. The van der Waals surface area contributed by atoms with Crippen LogP contribution in [0.2, 0.25) is 0 Å². The smallest absolute Gasteiger partial charge is 0.306 e. The standard InChI is InChI=1S/C55H94O5/c1-3-5-7-9-11-13-15-17-19-21-23-24-25-26-27-28-29-30-32-34-36-38-40-42-44-46-48-50-55(58)60-53(51-56)52-59-54(57)49-47-45-43-41-39-37-35-33-31-22-20-18-16-14-12-10-8-6-4-2/h5,7,11,13,17-20,23-24,26-27,29-30,53,56H,3-4,6,8-10,12,14-16,21-22,25,28,31-52H2,1-2H3/b7-5-,13-11-,19-17-,20-18-,24-23-,27-26-,30-29-. The summed E-state index contributed by atoms with van der Waals surface area (Å²) in [6.07, 6.45) is 69.5. The molecule has 0 aliphatic heterocycles. The Balaban J connectivity index is 3.57. The van der Waals surface area contributed by atoms with Crippen molar-refractivity contribution >= 4 is 11.9 Å². The molecule has 0 heterocycles. The van der Waals surface area contributed by atoms with Crippen LogP contribution in [-0.4, -0.2) is 36.4 Å². The van der Waals surface area contributed by atoms with Crippen molar-refractivity contribution in [3.8, 4) is 0 Å². The molecule has 1 N–H and O–H groups in total. The van der Waals surface area contributed by atoms with E-state index in [1.165, 1.54) is 122 Å². The Morgan fingerprint density at radius 1 is 0.400 bits per heavy atom. The van der Waals surface area contributed by atoms with Crippen molar-refractivity contribution < 1.29 is 24.2 Å². The largest absolute Gasteiger partial charge is 0.462 e. The van der Waals surface area contributed by atoms with E-state index in [0.29, 0.717) is 12.8 Å². The van der Waals surface area contributed by atoms with E-state index in [2.05, 4.69) is 98.9 Å². The van der Waals surface area contributed by atoms with Gasteiger partial charge < -0.3 is 14.6 Å². The summed E-state index contributed by atoms with van der Waals surface area (Å²) < 4.78 is 10.7. The fourth-order valence-corrected chi connectivity index (χ4v) is 6.91. The maximum atomic E-state index is 12.3. The van der Waals surface area contributed by atoms with E-state index in [1.54, 1.807) is 0 Å². The molecule has 0 rings (SSSR count). The SMILES string of the molecule is CC/C=C\C/C=C\C/C=C\C/C=C\C/C=C\C/C=C\CCCCCCCCCCC(=O)OC(CO)COC(=O)CCCCCCCCCCC/C=C\CCCCCCCC. The van der Waals surface area contributed by atoms with E-state index in [4.69, 9.17) is 9.47 Å². The Bertz CT molecular complexity index is 1130. The van der Waals surface area contributed by atoms with Crippen LogP contribution < -0.4 is 0 Å². The first-order valence-electron chi connectivity index (χ1n) is 25.1. The zero-order chi connectivity index (χ0) is 43.5. The maximum absolute atomic E-state index is 12.3. The van der Waals surface area contributed by atoms with Crippen molar-refractivity contribution in [1.82, 2.24) is 0 Å². The van der Waals surface area contributed by atoms with Gasteiger partial charge in [-0.25, -0.2) is 0 Å². The number of ether oxygens (including phenoxy) is 2. The van der Waals surface area contributed by atoms with Gasteiger partial charge in [-0.1, -0.05) is 214 Å². The Kier molecular flexibility index (Phi) is 48.0. The molecule has 0 aromatic rings. The van der Waals surface area contributed by atoms with Crippen molar-refractivity contribution in [3.05, 3.63) is 85.1 Å². The van der Waals surface area contributed by atoms with Crippen molar-refractivity contribution in [2.75, 3.05) is 13.2 Å². The molecule has 344 valence electrons. The molecule has 0 spiro atoms. The predicted molar refractivity (Wildman–Crippen MR) is 260 cm³/mol. The molecule has 60 heavy (non-hydrogen) atoms. The summed E-state index contributed by atoms with van der Waals surface area (Å²) in [6.45, 7) is 4.02. The quantitative estimate of drug-likeness (QED) is 0.0376. The zero-order valence-corrected chi connectivity index (χ0v) is 39.2. The second-order valence-electron chi connectivity index (χ2n) is 16.5. The van der Waals surface area contributed by atoms with Crippen LogP contribution >= 0.6 is 0 Å². The molecular weight excluding hydrogens is 741 g/mol. The normalized spacial score (nSPS) is 12.9. The molecule has 5 heteroatoms. The molecular formula is C55H94O5. The molecule has 1 atom stereocenters. The Morgan fingerprint density at radius 2 is 0.717 bits per heavy atom. The van der Waals surface area contributed by atoms with Crippen LogP contribution in [0.1, 0.15) is 232 Å². The van der Waals surface area contributed by atoms with Gasteiger partial charge in [0.2, 0.25) is 0 Å². The first kappa shape index (κ1) is 57.1. The molecule has 0 amide bonds. The second kappa shape index (κ2) is 50.4. The maximum Gasteiger partial charge on any atom is 0.306 e. The number of aliphatic hydroxyl groups is 1. The Hall–Kier alpha value is -2.92. The van der Waals surface area contributed by atoms with Crippen LogP contribution in [0.4, 0.5) is 0 Å². The molecule has 0 aromatic heterocycles. The summed E-state index contributed by atoms with van der Waals surface area (Å²) in [5.41, 5.74) is 0. The topological polar surface area (TPSA) is 72.8 Å². The summed E-state index contributed by atoms with van der Waals surface area (Å²) in [7, 11) is 0. The molecule has 0 aliphatic carbocycles. The lowest BCUT2D eigenvalue weighted by atomic mass is 10.1. The fraction of sp³-hybridized carbons (Fsp3) is 0.709. The number of rotatable bonds is 45. The van der Waals surface area contributed by atoms with Crippen LogP contribution in [0.3, 0.4) is 0 Å². The molecule has 1 unspecified atom stereocenters. The molecule has 0 saturated carbocycles. The Labute approximate surface area is 371 Å². The van der Waals surface area contributed by atoms with Crippen LogP contribution in [0.25, 0.3) is 0 Å². The number of hydrogen-bond acceptors (Lipinski definition) is 5. The van der Waals surface area contributed by atoms with Crippen molar-refractivity contribution in [2.24, 2.45) is 0 Å². The van der Waals surface area contributed by atoms with Crippen LogP contribution in [-0.2, 0) is 19.1 Å². The van der Waals surface area contributed by atoms with E-state index >= 15 is 0 Å². The third-order valence-corrected chi connectivity index (χ3v) is 10.7. The van der Waals surface area contributed by atoms with Gasteiger partial charge in [-0.3, -0.25) is 9.59 Å². The number of carbonyl (C=O) groups is 2. The van der Waals surface area contributed by atoms with Gasteiger partial charge in [0.25, 0.3) is 0 Å². The highest BCUT2D eigenvalue weighted by atomic mass is 16.6. The van der Waals surface area contributed by atoms with Gasteiger partial charge in [-0.2, -0.15) is 0 Å². The monoisotopic (exact) mass is 835 g/mol. The molecule has 0 fully saturated rings. The number of hydrogen-bond donors (Lipinski definition) is 1. The van der Waals surface area contributed by atoms with E-state index in [0.717, 1.165) is 83.5 Å². The predicted octanol–water partition coefficient (Wildman–Crippen LogP) is 16.6. The van der Waals surface area contributed by atoms with E-state index in [1.807, 2.05) is 0 Å². The highest BCUT2D eigenvalue weighted by Gasteiger charge is 2.16. The van der Waals surface area contributed by atoms with Crippen molar-refractivity contribution in [3.63, 3.8) is 0 Å². The van der Waals surface area contributed by atoms with Gasteiger partial charge in [0, 0.05) is 12.8 Å². The lowest BCUT2D eigenvalue weighted by molar-refractivity contribution is -0.161. The lowest BCUT2D eigenvalue weighted by Gasteiger charge is -2.15. The number of aliphatic hydroxyl groups excluding tert-OH is 1. The third-order valence-electron chi connectivity index (χ3n) is 10.7. The molecule has 0 aromatic carbocycles. The minimum absolute atomic E-state index is 0.0733. The first-order chi connectivity index (χ1) is 29.6. The molecule has 0 aliphatic rings. The van der Waals surface area contributed by atoms with Gasteiger partial charge in [-0.15, -0.1) is 0 Å². The summed E-state index contributed by atoms with van der Waals surface area (Å²) in [4.78, 5) is 24.4. The van der Waals surface area contributed by atoms with Crippen LogP contribution in [0.5, 0.6) is 0 Å². The average molecular weight is 835 g/mol. The third kappa shape index (κ3) is 47.8. The molecule has 5 nitrogen and oxygen atoms in total. The first-order valence-corrected chi connectivity index (χ1v) is 25.1. The number of esters is 2. The highest BCUT2D eigenvalue weighted by molar-refractivity contribution is 5.70. The molecule has 0 saturated heterocycles. The fourth-order valence-electron chi connectivity index (χ4n) is 6.91. The van der Waals surface area contributed by atoms with Gasteiger partial charge in [0.05, 0.1) is 6.61 Å². The van der Waals surface area contributed by atoms with Gasteiger partial charge >= 0.3 is 11.9 Å². The van der Waals surface area contributed by atoms with E-state index in [9.17, 15) is 14.7 Å². The van der Waals surface area contributed by atoms with E-state index in [-0.39, 0.29) is 25.2 Å². The minimum atomic E-state index is -0.782. The van der Waals surface area contributed by atoms with Crippen LogP contribution in [0.15, 0.2) is 85.1 Å². The van der Waals surface area contributed by atoms with Crippen molar-refractivity contribution in [1.29, 1.82) is 0 Å². The molecule has 0 bridgehead atoms. The second-order valence-corrected chi connectivity index (χ2v) is 16.5. The molecule has 0 radical (unpaired) electrons. The average Bonchev–Trinajstić information content (AvgIpc) is 3.25. The minimum Gasteiger partial charge on any atom is -0.462 e. The van der Waals surface area contributed by atoms with Crippen LogP contribution in [0, 0.1) is 0 Å². The summed E-state index contributed by atoms with van der Waals surface area (Å²) in [6, 6.07) is 0. The highest BCUT2D eigenvalue weighted by Crippen LogP contribution is 2.14. The zero-order valence-electron chi connectivity index (χ0n) is 39.2. The summed E-state index contributed by atoms with van der Waals surface area (Å²) in [5, 5.41) is 9.62. The van der Waals surface area contributed by atoms with Gasteiger partial charge in [0.15, 0.2) is 6.10 Å². The Morgan fingerprint density at radius 3 is 1.10 bits per heavy atom. The number of unbranched alkanes of at least 4 members (excludes halogenated alkanes) is 23.